The van der Waals surface area contributed by atoms with Crippen molar-refractivity contribution < 1.29 is 9.59 Å². The van der Waals surface area contributed by atoms with Gasteiger partial charge < -0.3 is 11.1 Å². The predicted molar refractivity (Wildman–Crippen MR) is 50.8 cm³/mol. The van der Waals surface area contributed by atoms with Crippen LogP contribution in [-0.4, -0.2) is 17.9 Å². The zero-order valence-corrected chi connectivity index (χ0v) is 8.41. The third-order valence-corrected chi connectivity index (χ3v) is 1.78. The molecule has 0 fully saturated rings. The van der Waals surface area contributed by atoms with Crippen LogP contribution < -0.4 is 11.1 Å². The van der Waals surface area contributed by atoms with Gasteiger partial charge in [-0.05, 0) is 13.3 Å². The summed E-state index contributed by atoms with van der Waals surface area (Å²) in [4.78, 5) is 21.8. The Morgan fingerprint density at radius 3 is 2.50 bits per heavy atom. The van der Waals surface area contributed by atoms with Gasteiger partial charge in [-0.3, -0.25) is 9.59 Å². The highest BCUT2D eigenvalue weighted by atomic mass is 16.2. The van der Waals surface area contributed by atoms with Gasteiger partial charge in [-0.15, -0.1) is 0 Å². The average molecular weight is 197 g/mol. The van der Waals surface area contributed by atoms with Crippen LogP contribution in [0.25, 0.3) is 0 Å². The van der Waals surface area contributed by atoms with Crippen molar-refractivity contribution in [1.82, 2.24) is 5.32 Å². The number of nitriles is 1. The first-order valence-corrected chi connectivity index (χ1v) is 4.49. The lowest BCUT2D eigenvalue weighted by Crippen LogP contribution is -2.38. The van der Waals surface area contributed by atoms with Crippen molar-refractivity contribution in [1.29, 1.82) is 5.26 Å². The molecule has 0 saturated carbocycles. The molecule has 5 heteroatoms. The molecule has 2 atom stereocenters. The minimum Gasteiger partial charge on any atom is -0.370 e. The van der Waals surface area contributed by atoms with Crippen LogP contribution in [0, 0.1) is 17.2 Å². The Balaban J connectivity index is 4.05. The molecule has 0 aliphatic carbocycles. The summed E-state index contributed by atoms with van der Waals surface area (Å²) in [5.41, 5.74) is 4.95. The maximum atomic E-state index is 11.3. The third-order valence-electron chi connectivity index (χ3n) is 1.78. The van der Waals surface area contributed by atoms with Gasteiger partial charge in [0.1, 0.15) is 5.92 Å². The maximum Gasteiger partial charge on any atom is 0.237 e. The van der Waals surface area contributed by atoms with Gasteiger partial charge in [0.25, 0.3) is 0 Å². The number of hydrogen-bond donors (Lipinski definition) is 2. The van der Waals surface area contributed by atoms with Gasteiger partial charge in [0.2, 0.25) is 11.8 Å². The smallest absolute Gasteiger partial charge is 0.237 e. The molecule has 0 aromatic carbocycles. The molecule has 5 nitrogen and oxygen atoms in total. The predicted octanol–water partition coefficient (Wildman–Crippen LogP) is -0.0837. The fourth-order valence-corrected chi connectivity index (χ4v) is 1.03. The van der Waals surface area contributed by atoms with E-state index in [4.69, 9.17) is 11.0 Å². The molecule has 0 radical (unpaired) electrons. The summed E-state index contributed by atoms with van der Waals surface area (Å²) >= 11 is 0. The lowest BCUT2D eigenvalue weighted by Gasteiger charge is -2.13. The topological polar surface area (TPSA) is 96.0 Å². The number of rotatable bonds is 5. The van der Waals surface area contributed by atoms with E-state index in [1.807, 2.05) is 6.07 Å². The first kappa shape index (κ1) is 12.4. The summed E-state index contributed by atoms with van der Waals surface area (Å²) in [6.45, 7) is 3.43. The number of nitrogens with two attached hydrogens (primary N) is 1. The molecular weight excluding hydrogens is 182 g/mol. The summed E-state index contributed by atoms with van der Waals surface area (Å²) in [5.74, 6) is -1.46. The lowest BCUT2D eigenvalue weighted by atomic mass is 10.1. The average Bonchev–Trinajstić information content (AvgIpc) is 2.04. The highest BCUT2D eigenvalue weighted by molar-refractivity contribution is 5.82. The SMILES string of the molecule is CCC(C#N)C(=O)NC(C)CC(N)=O. The van der Waals surface area contributed by atoms with Crippen LogP contribution in [0.1, 0.15) is 26.7 Å². The summed E-state index contributed by atoms with van der Waals surface area (Å²) in [6, 6.07) is 1.56. The number of amides is 2. The second kappa shape index (κ2) is 5.97. The minimum absolute atomic E-state index is 0.0909. The van der Waals surface area contributed by atoms with Crippen molar-refractivity contribution in [2.45, 2.75) is 32.7 Å². The maximum absolute atomic E-state index is 11.3. The Morgan fingerprint density at radius 2 is 2.14 bits per heavy atom. The van der Waals surface area contributed by atoms with Gasteiger partial charge in [-0.2, -0.15) is 5.26 Å². The number of carbonyl (C=O) groups is 2. The highest BCUT2D eigenvalue weighted by Crippen LogP contribution is 2.01. The van der Waals surface area contributed by atoms with Crippen molar-refractivity contribution in [3.8, 4) is 6.07 Å². The monoisotopic (exact) mass is 197 g/mol. The number of hydrogen-bond acceptors (Lipinski definition) is 3. The van der Waals surface area contributed by atoms with Crippen molar-refractivity contribution >= 4 is 11.8 Å². The highest BCUT2D eigenvalue weighted by Gasteiger charge is 2.17. The minimum atomic E-state index is -0.648. The molecule has 0 aliphatic rings. The van der Waals surface area contributed by atoms with Crippen LogP contribution in [-0.2, 0) is 9.59 Å². The van der Waals surface area contributed by atoms with Crippen LogP contribution in [0.15, 0.2) is 0 Å². The van der Waals surface area contributed by atoms with E-state index >= 15 is 0 Å². The Bertz CT molecular complexity index is 257. The first-order valence-electron chi connectivity index (χ1n) is 4.49. The third kappa shape index (κ3) is 4.45. The van der Waals surface area contributed by atoms with E-state index in [2.05, 4.69) is 5.32 Å². The Morgan fingerprint density at radius 1 is 1.57 bits per heavy atom. The van der Waals surface area contributed by atoms with Crippen LogP contribution in [0.3, 0.4) is 0 Å². The van der Waals surface area contributed by atoms with Crippen LogP contribution >= 0.6 is 0 Å². The summed E-state index contributed by atoms with van der Waals surface area (Å²) < 4.78 is 0. The molecular formula is C9H15N3O2. The normalized spacial score (nSPS) is 13.8. The van der Waals surface area contributed by atoms with E-state index in [1.165, 1.54) is 0 Å². The molecule has 0 saturated heterocycles. The van der Waals surface area contributed by atoms with E-state index in [1.54, 1.807) is 13.8 Å². The molecule has 14 heavy (non-hydrogen) atoms. The molecule has 0 aromatic heterocycles. The van der Waals surface area contributed by atoms with Gasteiger partial charge in [0, 0.05) is 12.5 Å². The van der Waals surface area contributed by atoms with E-state index < -0.39 is 11.8 Å². The van der Waals surface area contributed by atoms with E-state index in [0.717, 1.165) is 0 Å². The second-order valence-electron chi connectivity index (χ2n) is 3.17. The molecule has 2 amide bonds. The van der Waals surface area contributed by atoms with Gasteiger partial charge in [0.15, 0.2) is 0 Å². The van der Waals surface area contributed by atoms with Crippen LogP contribution in [0.5, 0.6) is 0 Å². The fraction of sp³-hybridized carbons (Fsp3) is 0.667. The largest absolute Gasteiger partial charge is 0.370 e. The van der Waals surface area contributed by atoms with Crippen molar-refractivity contribution in [3.63, 3.8) is 0 Å². The Kier molecular flexibility index (Phi) is 5.30. The molecule has 0 aliphatic heterocycles. The standard InChI is InChI=1S/C9H15N3O2/c1-3-7(5-10)9(14)12-6(2)4-8(11)13/h6-7H,3-4H2,1-2H3,(H2,11,13)(H,12,14). The summed E-state index contributed by atoms with van der Waals surface area (Å²) in [6.07, 6.45) is 0.555. The van der Waals surface area contributed by atoms with E-state index in [9.17, 15) is 9.59 Å². The van der Waals surface area contributed by atoms with E-state index in [-0.39, 0.29) is 18.4 Å². The molecule has 78 valence electrons. The number of nitrogens with zero attached hydrogens (tertiary/aromatic N) is 1. The first-order chi connectivity index (χ1) is 6.51. The molecule has 0 spiro atoms. The molecule has 0 heterocycles. The quantitative estimate of drug-likeness (QED) is 0.645. The van der Waals surface area contributed by atoms with Gasteiger partial charge in [-0.1, -0.05) is 6.92 Å². The fourth-order valence-electron chi connectivity index (χ4n) is 1.03. The summed E-state index contributed by atoms with van der Waals surface area (Å²) in [7, 11) is 0. The Labute approximate surface area is 83.3 Å². The van der Waals surface area contributed by atoms with Gasteiger partial charge in [0.05, 0.1) is 6.07 Å². The molecule has 2 unspecified atom stereocenters. The second-order valence-corrected chi connectivity index (χ2v) is 3.17. The van der Waals surface area contributed by atoms with Gasteiger partial charge in [-0.25, -0.2) is 0 Å². The van der Waals surface area contributed by atoms with Crippen LogP contribution in [0.4, 0.5) is 0 Å². The summed E-state index contributed by atoms with van der Waals surface area (Å²) in [5, 5.41) is 11.1. The number of nitrogens with one attached hydrogen (secondary N) is 1. The molecule has 3 N–H and O–H groups in total. The van der Waals surface area contributed by atoms with Crippen molar-refractivity contribution in [2.75, 3.05) is 0 Å². The van der Waals surface area contributed by atoms with Crippen molar-refractivity contribution in [3.05, 3.63) is 0 Å². The molecule has 0 aromatic rings. The molecule has 0 bridgehead atoms. The van der Waals surface area contributed by atoms with E-state index in [0.29, 0.717) is 6.42 Å². The lowest BCUT2D eigenvalue weighted by molar-refractivity contribution is -0.124. The number of carbonyl (C=O) groups excluding carboxylic acids is 2. The van der Waals surface area contributed by atoms with Gasteiger partial charge >= 0.3 is 0 Å². The Hall–Kier alpha value is -1.57. The zero-order valence-electron chi connectivity index (χ0n) is 8.41. The van der Waals surface area contributed by atoms with Crippen molar-refractivity contribution in [2.24, 2.45) is 11.7 Å². The molecule has 0 rings (SSSR count). The van der Waals surface area contributed by atoms with Crippen LogP contribution in [0.2, 0.25) is 0 Å². The zero-order chi connectivity index (χ0) is 11.1. The number of primary amides is 1.